The quantitative estimate of drug-likeness (QED) is 0.685. The summed E-state index contributed by atoms with van der Waals surface area (Å²) in [5, 5.41) is 0. The van der Waals surface area contributed by atoms with Crippen LogP contribution >= 0.6 is 0 Å². The van der Waals surface area contributed by atoms with Crippen molar-refractivity contribution in [3.05, 3.63) is 0 Å². The van der Waals surface area contributed by atoms with E-state index in [4.69, 9.17) is 4.74 Å². The molecule has 5 heteroatoms. The monoisotopic (exact) mass is 241 g/mol. The number of ether oxygens (including phenoxy) is 1. The highest BCUT2D eigenvalue weighted by atomic mass is 16.6. The second-order valence-electron chi connectivity index (χ2n) is 5.30. The molecule has 0 aromatic carbocycles. The molecule has 0 aromatic rings. The second-order valence-corrected chi connectivity index (χ2v) is 5.30. The minimum atomic E-state index is -0.577. The van der Waals surface area contributed by atoms with E-state index in [0.717, 1.165) is 6.29 Å². The van der Waals surface area contributed by atoms with Crippen molar-refractivity contribution >= 4 is 18.7 Å². The number of carbonyl (C=O) groups is 3. The third kappa shape index (κ3) is 3.84. The number of rotatable bonds is 2. The zero-order valence-electron chi connectivity index (χ0n) is 10.5. The molecule has 0 N–H and O–H groups in total. The minimum absolute atomic E-state index is 0.135. The molecule has 1 aliphatic rings. The second kappa shape index (κ2) is 5.29. The fraction of sp³-hybridized carbons (Fsp3) is 0.750. The first kappa shape index (κ1) is 13.7. The zero-order valence-corrected chi connectivity index (χ0v) is 10.5. The molecule has 5 nitrogen and oxygen atoms in total. The first-order valence-corrected chi connectivity index (χ1v) is 5.77. The third-order valence-electron chi connectivity index (χ3n) is 2.66. The van der Waals surface area contributed by atoms with E-state index in [2.05, 4.69) is 0 Å². The summed E-state index contributed by atoms with van der Waals surface area (Å²) in [4.78, 5) is 34.8. The van der Waals surface area contributed by atoms with Crippen LogP contribution in [0.25, 0.3) is 0 Å². The lowest BCUT2D eigenvalue weighted by Crippen LogP contribution is -2.49. The molecule has 1 rings (SSSR count). The Morgan fingerprint density at radius 3 is 2.41 bits per heavy atom. The molecule has 0 radical (unpaired) electrons. The molecule has 0 saturated carbocycles. The van der Waals surface area contributed by atoms with Gasteiger partial charge >= 0.3 is 6.09 Å². The molecular formula is C12H19NO4. The number of amides is 1. The average molecular weight is 241 g/mol. The molecule has 2 unspecified atom stereocenters. The van der Waals surface area contributed by atoms with Crippen LogP contribution in [0.3, 0.4) is 0 Å². The van der Waals surface area contributed by atoms with Gasteiger partial charge in [-0.15, -0.1) is 0 Å². The summed E-state index contributed by atoms with van der Waals surface area (Å²) >= 11 is 0. The van der Waals surface area contributed by atoms with E-state index in [-0.39, 0.29) is 5.92 Å². The standard InChI is InChI=1S/C12H19NO4/c1-12(2,3)17-11(16)13-5-4-9(7-14)6-10(13)8-15/h7-10H,4-6H2,1-3H3. The Bertz CT molecular complexity index is 308. The van der Waals surface area contributed by atoms with Crippen LogP contribution in [0.4, 0.5) is 4.79 Å². The fourth-order valence-corrected chi connectivity index (χ4v) is 1.83. The normalized spacial score (nSPS) is 25.2. The van der Waals surface area contributed by atoms with Gasteiger partial charge in [-0.05, 0) is 33.6 Å². The maximum absolute atomic E-state index is 11.8. The largest absolute Gasteiger partial charge is 0.444 e. The predicted octanol–water partition coefficient (Wildman–Crippen LogP) is 1.40. The highest BCUT2D eigenvalue weighted by Crippen LogP contribution is 2.22. The summed E-state index contributed by atoms with van der Waals surface area (Å²) in [6, 6.07) is -0.547. The lowest BCUT2D eigenvalue weighted by Gasteiger charge is -2.35. The first-order valence-electron chi connectivity index (χ1n) is 5.77. The molecule has 1 amide bonds. The maximum atomic E-state index is 11.8. The lowest BCUT2D eigenvalue weighted by molar-refractivity contribution is -0.117. The maximum Gasteiger partial charge on any atom is 0.410 e. The van der Waals surface area contributed by atoms with Gasteiger partial charge < -0.3 is 14.3 Å². The number of likely N-dealkylation sites (tertiary alicyclic amines) is 1. The first-order chi connectivity index (χ1) is 7.87. The van der Waals surface area contributed by atoms with Crippen molar-refractivity contribution in [2.45, 2.75) is 45.3 Å². The van der Waals surface area contributed by atoms with Gasteiger partial charge in [0.1, 0.15) is 18.2 Å². The number of aldehydes is 2. The molecule has 1 heterocycles. The number of hydrogen-bond acceptors (Lipinski definition) is 4. The van der Waals surface area contributed by atoms with E-state index in [1.54, 1.807) is 20.8 Å². The summed E-state index contributed by atoms with van der Waals surface area (Å²) in [5.74, 6) is -0.135. The highest BCUT2D eigenvalue weighted by molar-refractivity contribution is 5.74. The van der Waals surface area contributed by atoms with Crippen LogP contribution in [-0.2, 0) is 14.3 Å². The Morgan fingerprint density at radius 1 is 1.29 bits per heavy atom. The van der Waals surface area contributed by atoms with Crippen LogP contribution in [-0.4, -0.2) is 41.8 Å². The molecule has 1 saturated heterocycles. The topological polar surface area (TPSA) is 63.7 Å². The van der Waals surface area contributed by atoms with Crippen molar-refractivity contribution in [3.8, 4) is 0 Å². The molecule has 17 heavy (non-hydrogen) atoms. The zero-order chi connectivity index (χ0) is 13.1. The van der Waals surface area contributed by atoms with E-state index in [0.29, 0.717) is 25.7 Å². The van der Waals surface area contributed by atoms with Crippen LogP contribution in [0, 0.1) is 5.92 Å². The van der Waals surface area contributed by atoms with E-state index in [1.165, 1.54) is 4.90 Å². The number of nitrogens with zero attached hydrogens (tertiary/aromatic N) is 1. The van der Waals surface area contributed by atoms with Crippen molar-refractivity contribution in [2.75, 3.05) is 6.54 Å². The van der Waals surface area contributed by atoms with Crippen LogP contribution in [0.15, 0.2) is 0 Å². The highest BCUT2D eigenvalue weighted by Gasteiger charge is 2.33. The van der Waals surface area contributed by atoms with Gasteiger partial charge in [0, 0.05) is 12.5 Å². The van der Waals surface area contributed by atoms with Gasteiger partial charge in [0.25, 0.3) is 0 Å². The van der Waals surface area contributed by atoms with Crippen LogP contribution in [0.5, 0.6) is 0 Å². The van der Waals surface area contributed by atoms with Crippen LogP contribution < -0.4 is 0 Å². The van der Waals surface area contributed by atoms with Crippen LogP contribution in [0.1, 0.15) is 33.6 Å². The predicted molar refractivity (Wildman–Crippen MR) is 61.6 cm³/mol. The van der Waals surface area contributed by atoms with Crippen molar-refractivity contribution < 1.29 is 19.1 Å². The summed E-state index contributed by atoms with van der Waals surface area (Å²) < 4.78 is 5.22. The SMILES string of the molecule is CC(C)(C)OC(=O)N1CCC(C=O)CC1C=O. The van der Waals surface area contributed by atoms with E-state index in [9.17, 15) is 14.4 Å². The molecule has 2 atom stereocenters. The van der Waals surface area contributed by atoms with Gasteiger partial charge in [-0.2, -0.15) is 0 Å². The minimum Gasteiger partial charge on any atom is -0.444 e. The summed E-state index contributed by atoms with van der Waals surface area (Å²) in [6.07, 6.45) is 2.06. The fourth-order valence-electron chi connectivity index (χ4n) is 1.83. The Balaban J connectivity index is 2.67. The van der Waals surface area contributed by atoms with Gasteiger partial charge in [-0.25, -0.2) is 4.79 Å². The van der Waals surface area contributed by atoms with Gasteiger partial charge in [0.2, 0.25) is 0 Å². The van der Waals surface area contributed by atoms with Gasteiger partial charge in [0.15, 0.2) is 0 Å². The van der Waals surface area contributed by atoms with Crippen molar-refractivity contribution in [2.24, 2.45) is 5.92 Å². The lowest BCUT2D eigenvalue weighted by atomic mass is 9.93. The molecule has 0 spiro atoms. The van der Waals surface area contributed by atoms with Gasteiger partial charge in [-0.3, -0.25) is 4.90 Å². The molecule has 1 aliphatic heterocycles. The summed E-state index contributed by atoms with van der Waals surface area (Å²) in [6.45, 7) is 5.72. The average Bonchev–Trinajstić information content (AvgIpc) is 2.25. The third-order valence-corrected chi connectivity index (χ3v) is 2.66. The van der Waals surface area contributed by atoms with E-state index < -0.39 is 17.7 Å². The Morgan fingerprint density at radius 2 is 1.94 bits per heavy atom. The van der Waals surface area contributed by atoms with Gasteiger partial charge in [-0.1, -0.05) is 0 Å². The smallest absolute Gasteiger partial charge is 0.410 e. The molecule has 1 fully saturated rings. The Hall–Kier alpha value is -1.39. The van der Waals surface area contributed by atoms with E-state index in [1.807, 2.05) is 0 Å². The number of carbonyl (C=O) groups excluding carboxylic acids is 3. The molecule has 0 bridgehead atoms. The Kier molecular flexibility index (Phi) is 4.26. The Labute approximate surface area is 101 Å². The number of piperidine rings is 1. The van der Waals surface area contributed by atoms with Crippen molar-refractivity contribution in [3.63, 3.8) is 0 Å². The molecule has 0 aliphatic carbocycles. The van der Waals surface area contributed by atoms with E-state index >= 15 is 0 Å². The molecule has 0 aromatic heterocycles. The van der Waals surface area contributed by atoms with Crippen molar-refractivity contribution in [1.82, 2.24) is 4.90 Å². The van der Waals surface area contributed by atoms with Crippen molar-refractivity contribution in [1.29, 1.82) is 0 Å². The van der Waals surface area contributed by atoms with Gasteiger partial charge in [0.05, 0.1) is 6.04 Å². The summed E-state index contributed by atoms with van der Waals surface area (Å²) in [7, 11) is 0. The molecular weight excluding hydrogens is 222 g/mol. The molecule has 96 valence electrons. The van der Waals surface area contributed by atoms with Crippen LogP contribution in [0.2, 0.25) is 0 Å². The summed E-state index contributed by atoms with van der Waals surface area (Å²) in [5.41, 5.74) is -0.577. The number of hydrogen-bond donors (Lipinski definition) is 0.